The topological polar surface area (TPSA) is 67.1 Å². The van der Waals surface area contributed by atoms with E-state index in [0.717, 1.165) is 36.6 Å². The Bertz CT molecular complexity index is 775. The van der Waals surface area contributed by atoms with Crippen molar-refractivity contribution >= 4 is 53.1 Å². The molecule has 0 bridgehead atoms. The van der Waals surface area contributed by atoms with Gasteiger partial charge in [0.05, 0.1) is 0 Å². The van der Waals surface area contributed by atoms with E-state index < -0.39 is 0 Å². The summed E-state index contributed by atoms with van der Waals surface area (Å²) in [7, 11) is 1.93. The Morgan fingerprint density at radius 2 is 2.07 bits per heavy atom. The first-order chi connectivity index (χ1) is 12.5. The van der Waals surface area contributed by atoms with Crippen molar-refractivity contribution in [3.8, 4) is 0 Å². The molecule has 0 radical (unpaired) electrons. The molecule has 0 spiro atoms. The molecule has 0 atom stereocenters. The van der Waals surface area contributed by atoms with Gasteiger partial charge in [0.1, 0.15) is 12.4 Å². The van der Waals surface area contributed by atoms with E-state index in [1.165, 1.54) is 0 Å². The molecular weight excluding hydrogens is 498 g/mol. The Hall–Kier alpha value is -1.32. The summed E-state index contributed by atoms with van der Waals surface area (Å²) in [4.78, 5) is 4.56. The van der Waals surface area contributed by atoms with Gasteiger partial charge in [-0.3, -0.25) is 0 Å². The second-order valence-corrected chi connectivity index (χ2v) is 6.67. The number of aromatic nitrogens is 3. The zero-order valence-electron chi connectivity index (χ0n) is 15.5. The second-order valence-electron chi connectivity index (χ2n) is 5.82. The van der Waals surface area contributed by atoms with Crippen molar-refractivity contribution in [3.05, 3.63) is 58.1 Å². The summed E-state index contributed by atoms with van der Waals surface area (Å²) < 4.78 is 1.93. The molecule has 9 heteroatoms. The van der Waals surface area contributed by atoms with Gasteiger partial charge in [0, 0.05) is 30.2 Å². The molecule has 0 aliphatic heterocycles. The van der Waals surface area contributed by atoms with Crippen LogP contribution in [-0.2, 0) is 20.0 Å². The number of guanidine groups is 1. The Balaban J connectivity index is 0.00000364. The highest BCUT2D eigenvalue weighted by Gasteiger charge is 2.05. The third kappa shape index (κ3) is 7.67. The molecule has 0 aliphatic rings. The van der Waals surface area contributed by atoms with Crippen LogP contribution in [0, 0.1) is 6.92 Å². The molecule has 1 aromatic heterocycles. The largest absolute Gasteiger partial charge is 0.356 e. The Morgan fingerprint density at radius 1 is 1.30 bits per heavy atom. The van der Waals surface area contributed by atoms with Crippen LogP contribution in [0.2, 0.25) is 10.0 Å². The molecule has 0 unspecified atom stereocenters. The van der Waals surface area contributed by atoms with Crippen molar-refractivity contribution in [2.45, 2.75) is 26.3 Å². The van der Waals surface area contributed by atoms with Crippen LogP contribution in [0.3, 0.4) is 0 Å². The van der Waals surface area contributed by atoms with Crippen molar-refractivity contribution in [2.24, 2.45) is 12.0 Å². The van der Waals surface area contributed by atoms with Gasteiger partial charge in [0.15, 0.2) is 11.8 Å². The normalized spacial score (nSPS) is 11.0. The molecule has 1 heterocycles. The van der Waals surface area contributed by atoms with E-state index in [-0.39, 0.29) is 24.0 Å². The van der Waals surface area contributed by atoms with Gasteiger partial charge in [0.25, 0.3) is 0 Å². The number of halogens is 3. The summed E-state index contributed by atoms with van der Waals surface area (Å²) in [5.41, 5.74) is 1.09. The van der Waals surface area contributed by atoms with Gasteiger partial charge in [-0.15, -0.1) is 40.8 Å². The standard InChI is InChI=1S/C18H24Cl2N6.HI/c1-4-9-21-18(23-12-17-25-24-13(2)26(17)3)22-10-5-6-14-7-8-15(19)11-16(14)20;/h4,7-8,11H,1,5-6,9-10,12H2,2-3H3,(H2,21,22,23);1H. The molecule has 0 saturated carbocycles. The minimum absolute atomic E-state index is 0. The SMILES string of the molecule is C=CCNC(=NCc1nnc(C)n1C)NCCCc1ccc(Cl)cc1Cl.I. The first kappa shape index (κ1) is 23.7. The molecule has 2 rings (SSSR count). The van der Waals surface area contributed by atoms with Gasteiger partial charge in [-0.2, -0.15) is 0 Å². The summed E-state index contributed by atoms with van der Waals surface area (Å²) in [6.45, 7) is 7.48. The first-order valence-electron chi connectivity index (χ1n) is 8.43. The molecule has 1 aromatic carbocycles. The summed E-state index contributed by atoms with van der Waals surface area (Å²) in [5.74, 6) is 2.39. The lowest BCUT2D eigenvalue weighted by molar-refractivity contribution is 0.734. The van der Waals surface area contributed by atoms with Gasteiger partial charge in [-0.05, 0) is 37.5 Å². The summed E-state index contributed by atoms with van der Waals surface area (Å²) in [6.07, 6.45) is 3.57. The molecule has 2 aromatic rings. The summed E-state index contributed by atoms with van der Waals surface area (Å²) in [5, 5.41) is 16.0. The highest BCUT2D eigenvalue weighted by Crippen LogP contribution is 2.21. The lowest BCUT2D eigenvalue weighted by Gasteiger charge is -2.12. The number of hydrogen-bond donors (Lipinski definition) is 2. The van der Waals surface area contributed by atoms with Gasteiger partial charge < -0.3 is 15.2 Å². The fourth-order valence-electron chi connectivity index (χ4n) is 2.29. The number of aryl methyl sites for hydroxylation is 2. The molecular formula is C18H25Cl2IN6. The van der Waals surface area contributed by atoms with Crippen molar-refractivity contribution < 1.29 is 0 Å². The third-order valence-corrected chi connectivity index (χ3v) is 4.49. The zero-order valence-corrected chi connectivity index (χ0v) is 19.3. The maximum Gasteiger partial charge on any atom is 0.191 e. The number of nitrogens with one attached hydrogen (secondary N) is 2. The van der Waals surface area contributed by atoms with Crippen LogP contribution < -0.4 is 10.6 Å². The second kappa shape index (κ2) is 12.2. The average Bonchev–Trinajstić information content (AvgIpc) is 2.93. The van der Waals surface area contributed by atoms with Crippen LogP contribution in [-0.4, -0.2) is 33.8 Å². The van der Waals surface area contributed by atoms with Crippen LogP contribution in [0.25, 0.3) is 0 Å². The predicted octanol–water partition coefficient (Wildman–Crippen LogP) is 3.90. The monoisotopic (exact) mass is 522 g/mol. The molecule has 6 nitrogen and oxygen atoms in total. The van der Waals surface area contributed by atoms with Gasteiger partial charge in [-0.1, -0.05) is 35.3 Å². The van der Waals surface area contributed by atoms with Gasteiger partial charge in [0.2, 0.25) is 0 Å². The Morgan fingerprint density at radius 3 is 2.70 bits per heavy atom. The van der Waals surface area contributed by atoms with E-state index in [0.29, 0.717) is 29.1 Å². The van der Waals surface area contributed by atoms with E-state index in [2.05, 4.69) is 32.4 Å². The predicted molar refractivity (Wildman–Crippen MR) is 123 cm³/mol. The minimum atomic E-state index is 0. The molecule has 27 heavy (non-hydrogen) atoms. The minimum Gasteiger partial charge on any atom is -0.356 e. The van der Waals surface area contributed by atoms with Crippen molar-refractivity contribution in [3.63, 3.8) is 0 Å². The zero-order chi connectivity index (χ0) is 18.9. The lowest BCUT2D eigenvalue weighted by atomic mass is 10.1. The smallest absolute Gasteiger partial charge is 0.191 e. The average molecular weight is 523 g/mol. The number of nitrogens with zero attached hydrogens (tertiary/aromatic N) is 4. The third-order valence-electron chi connectivity index (χ3n) is 3.91. The van der Waals surface area contributed by atoms with Crippen LogP contribution in [0.5, 0.6) is 0 Å². The fraction of sp³-hybridized carbons (Fsp3) is 0.389. The van der Waals surface area contributed by atoms with Crippen molar-refractivity contribution in [1.82, 2.24) is 25.4 Å². The van der Waals surface area contributed by atoms with E-state index >= 15 is 0 Å². The van der Waals surface area contributed by atoms with Crippen LogP contribution in [0.1, 0.15) is 23.6 Å². The van der Waals surface area contributed by atoms with E-state index in [9.17, 15) is 0 Å². The highest BCUT2D eigenvalue weighted by atomic mass is 127. The van der Waals surface area contributed by atoms with Crippen molar-refractivity contribution in [1.29, 1.82) is 0 Å². The van der Waals surface area contributed by atoms with E-state index in [1.807, 2.05) is 30.7 Å². The highest BCUT2D eigenvalue weighted by molar-refractivity contribution is 14.0. The van der Waals surface area contributed by atoms with Crippen molar-refractivity contribution in [2.75, 3.05) is 13.1 Å². The lowest BCUT2D eigenvalue weighted by Crippen LogP contribution is -2.38. The number of rotatable bonds is 8. The van der Waals surface area contributed by atoms with Crippen LogP contribution in [0.15, 0.2) is 35.8 Å². The molecule has 0 saturated heterocycles. The Labute approximate surface area is 187 Å². The first-order valence-corrected chi connectivity index (χ1v) is 9.18. The quantitative estimate of drug-likeness (QED) is 0.181. The van der Waals surface area contributed by atoms with Gasteiger partial charge in [-0.25, -0.2) is 4.99 Å². The number of hydrogen-bond acceptors (Lipinski definition) is 3. The van der Waals surface area contributed by atoms with Crippen LogP contribution >= 0.6 is 47.2 Å². The number of aliphatic imine (C=N–C) groups is 1. The maximum atomic E-state index is 6.21. The fourth-order valence-corrected chi connectivity index (χ4v) is 2.79. The molecule has 0 aliphatic carbocycles. The van der Waals surface area contributed by atoms with E-state index in [1.54, 1.807) is 12.1 Å². The molecule has 0 amide bonds. The van der Waals surface area contributed by atoms with Gasteiger partial charge >= 0.3 is 0 Å². The molecule has 2 N–H and O–H groups in total. The number of benzene rings is 1. The molecule has 148 valence electrons. The van der Waals surface area contributed by atoms with Crippen LogP contribution in [0.4, 0.5) is 0 Å². The Kier molecular flexibility index (Phi) is 10.7. The van der Waals surface area contributed by atoms with E-state index in [4.69, 9.17) is 23.2 Å². The maximum absolute atomic E-state index is 6.21. The summed E-state index contributed by atoms with van der Waals surface area (Å²) in [6, 6.07) is 5.59. The summed E-state index contributed by atoms with van der Waals surface area (Å²) >= 11 is 12.1. The molecule has 0 fully saturated rings.